The van der Waals surface area contributed by atoms with Gasteiger partial charge in [-0.1, -0.05) is 30.3 Å². The number of halogens is 4. The number of ether oxygens (including phenoxy) is 1. The van der Waals surface area contributed by atoms with Gasteiger partial charge >= 0.3 is 12.2 Å². The average molecular weight is 615 g/mol. The Morgan fingerprint density at radius 1 is 1.02 bits per heavy atom. The number of alkyl halides is 3. The number of urea groups is 1. The normalized spacial score (nSPS) is 11.8. The quantitative estimate of drug-likeness (QED) is 0.206. The number of primary amides is 1. The Hall–Kier alpha value is -5.18. The number of hydrogen-bond donors (Lipinski definition) is 2. The monoisotopic (exact) mass is 614 g/mol. The Morgan fingerprint density at radius 3 is 2.37 bits per heavy atom. The number of sulfonamides is 1. The van der Waals surface area contributed by atoms with E-state index in [4.69, 9.17) is 10.5 Å². The number of rotatable bonds is 8. The predicted octanol–water partition coefficient (Wildman–Crippen LogP) is 6.02. The molecule has 0 atom stereocenters. The summed E-state index contributed by atoms with van der Waals surface area (Å²) in [7, 11) is -3.64. The van der Waals surface area contributed by atoms with Crippen molar-refractivity contribution in [3.05, 3.63) is 102 Å². The fraction of sp³-hybridized carbons (Fsp3) is 0.107. The number of imidazole rings is 1. The summed E-state index contributed by atoms with van der Waals surface area (Å²) in [5, 5.41) is 0. The van der Waals surface area contributed by atoms with E-state index in [-0.39, 0.29) is 17.5 Å². The zero-order chi connectivity index (χ0) is 30.9. The summed E-state index contributed by atoms with van der Waals surface area (Å²) in [6, 6.07) is 17.1. The number of carbonyl (C=O) groups is 1. The van der Waals surface area contributed by atoms with Crippen LogP contribution in [0.25, 0.3) is 11.0 Å². The van der Waals surface area contributed by atoms with Crippen molar-refractivity contribution in [3.63, 3.8) is 0 Å². The minimum atomic E-state index is -4.78. The fourth-order valence-electron chi connectivity index (χ4n) is 4.25. The number of carbonyl (C=O) groups excluding carboxylic acids is 1. The van der Waals surface area contributed by atoms with Crippen LogP contribution in [-0.2, 0) is 22.7 Å². The molecule has 0 aliphatic carbocycles. The van der Waals surface area contributed by atoms with Crippen molar-refractivity contribution in [1.29, 1.82) is 0 Å². The summed E-state index contributed by atoms with van der Waals surface area (Å²) in [4.78, 5) is 21.1. The third kappa shape index (κ3) is 6.67. The van der Waals surface area contributed by atoms with Crippen LogP contribution in [0.4, 0.5) is 39.8 Å². The SMILES string of the molecule is CS(=O)(=O)Nc1nc2ccc(Oc3ccc(N(C(N)=O)c4cc(C(F)(F)F)ccc4F)nc3)cc2n1Cc1ccccc1. The van der Waals surface area contributed by atoms with Crippen molar-refractivity contribution in [3.8, 4) is 11.5 Å². The van der Waals surface area contributed by atoms with Crippen LogP contribution in [0.3, 0.4) is 0 Å². The molecule has 2 aromatic heterocycles. The van der Waals surface area contributed by atoms with Crippen molar-refractivity contribution >= 4 is 44.5 Å². The lowest BCUT2D eigenvalue weighted by atomic mass is 10.1. The Balaban J connectivity index is 1.45. The van der Waals surface area contributed by atoms with E-state index in [9.17, 15) is 30.8 Å². The number of benzene rings is 3. The van der Waals surface area contributed by atoms with Gasteiger partial charge in [-0.25, -0.2) is 32.5 Å². The van der Waals surface area contributed by atoms with Crippen LogP contribution in [0.5, 0.6) is 11.5 Å². The Kier molecular flexibility index (Phi) is 7.67. The van der Waals surface area contributed by atoms with Crippen molar-refractivity contribution < 1.29 is 35.5 Å². The van der Waals surface area contributed by atoms with Gasteiger partial charge in [0.05, 0.1) is 41.3 Å². The van der Waals surface area contributed by atoms with Gasteiger partial charge in [0.25, 0.3) is 0 Å². The number of aromatic nitrogens is 3. The summed E-state index contributed by atoms with van der Waals surface area (Å²) >= 11 is 0. The third-order valence-electron chi connectivity index (χ3n) is 6.10. The van der Waals surface area contributed by atoms with Crippen molar-refractivity contribution in [1.82, 2.24) is 14.5 Å². The molecule has 15 heteroatoms. The van der Waals surface area contributed by atoms with Gasteiger partial charge in [-0.15, -0.1) is 0 Å². The average Bonchev–Trinajstić information content (AvgIpc) is 3.25. The van der Waals surface area contributed by atoms with Crippen LogP contribution in [-0.4, -0.2) is 35.2 Å². The van der Waals surface area contributed by atoms with Gasteiger partial charge in [0.15, 0.2) is 0 Å². The zero-order valence-electron chi connectivity index (χ0n) is 22.2. The van der Waals surface area contributed by atoms with Crippen LogP contribution >= 0.6 is 0 Å². The van der Waals surface area contributed by atoms with E-state index in [0.29, 0.717) is 46.4 Å². The van der Waals surface area contributed by atoms with Gasteiger partial charge in [0.1, 0.15) is 23.1 Å². The molecule has 0 spiro atoms. The molecule has 0 aliphatic rings. The summed E-state index contributed by atoms with van der Waals surface area (Å²) in [6.45, 7) is 0.296. The van der Waals surface area contributed by atoms with Crippen molar-refractivity contribution in [2.45, 2.75) is 12.7 Å². The highest BCUT2D eigenvalue weighted by Gasteiger charge is 2.33. The van der Waals surface area contributed by atoms with E-state index >= 15 is 0 Å². The zero-order valence-corrected chi connectivity index (χ0v) is 23.0. The molecule has 5 aromatic rings. The van der Waals surface area contributed by atoms with E-state index in [2.05, 4.69) is 14.7 Å². The van der Waals surface area contributed by atoms with Crippen LogP contribution in [0.15, 0.2) is 85.1 Å². The number of anilines is 3. The molecule has 10 nitrogen and oxygen atoms in total. The van der Waals surface area contributed by atoms with E-state index in [0.717, 1.165) is 11.8 Å². The molecule has 0 fully saturated rings. The minimum Gasteiger partial charge on any atom is -0.456 e. The van der Waals surface area contributed by atoms with Gasteiger partial charge in [0.2, 0.25) is 16.0 Å². The first kappa shape index (κ1) is 29.3. The van der Waals surface area contributed by atoms with Gasteiger partial charge in [-0.05, 0) is 48.0 Å². The minimum absolute atomic E-state index is 0.109. The van der Waals surface area contributed by atoms with Crippen LogP contribution in [0.2, 0.25) is 0 Å². The molecule has 2 amide bonds. The Labute approximate surface area is 242 Å². The summed E-state index contributed by atoms with van der Waals surface area (Å²) in [5.74, 6) is -0.763. The van der Waals surface area contributed by atoms with Gasteiger partial charge in [-0.3, -0.25) is 4.72 Å². The maximum absolute atomic E-state index is 14.5. The molecule has 0 saturated carbocycles. The Bertz CT molecular complexity index is 1910. The molecule has 0 bridgehead atoms. The Morgan fingerprint density at radius 2 is 1.74 bits per heavy atom. The number of hydrogen-bond acceptors (Lipinski definition) is 6. The maximum Gasteiger partial charge on any atom is 0.416 e. The highest BCUT2D eigenvalue weighted by molar-refractivity contribution is 7.92. The highest BCUT2D eigenvalue weighted by Crippen LogP contribution is 2.36. The van der Waals surface area contributed by atoms with Gasteiger partial charge < -0.3 is 15.0 Å². The second kappa shape index (κ2) is 11.2. The number of amides is 2. The number of nitrogens with two attached hydrogens (primary N) is 1. The summed E-state index contributed by atoms with van der Waals surface area (Å²) in [6.07, 6.45) is -2.58. The van der Waals surface area contributed by atoms with Crippen LogP contribution < -0.4 is 20.1 Å². The van der Waals surface area contributed by atoms with Crippen molar-refractivity contribution in [2.24, 2.45) is 5.73 Å². The smallest absolute Gasteiger partial charge is 0.416 e. The number of pyridine rings is 1. The second-order valence-corrected chi connectivity index (χ2v) is 11.1. The van der Waals surface area contributed by atoms with Gasteiger partial charge in [0, 0.05) is 6.07 Å². The van der Waals surface area contributed by atoms with E-state index in [1.807, 2.05) is 30.3 Å². The van der Waals surface area contributed by atoms with Crippen LogP contribution in [0.1, 0.15) is 11.1 Å². The van der Waals surface area contributed by atoms with E-state index in [1.54, 1.807) is 22.8 Å². The first-order chi connectivity index (χ1) is 20.3. The molecule has 222 valence electrons. The molecule has 3 N–H and O–H groups in total. The topological polar surface area (TPSA) is 132 Å². The molecule has 0 radical (unpaired) electrons. The largest absolute Gasteiger partial charge is 0.456 e. The van der Waals surface area contributed by atoms with E-state index < -0.39 is 39.3 Å². The molecule has 2 heterocycles. The van der Waals surface area contributed by atoms with Crippen LogP contribution in [0, 0.1) is 5.82 Å². The van der Waals surface area contributed by atoms with Gasteiger partial charge in [-0.2, -0.15) is 13.2 Å². The first-order valence-electron chi connectivity index (χ1n) is 12.4. The molecule has 0 unspecified atom stereocenters. The number of nitrogens with zero attached hydrogens (tertiary/aromatic N) is 4. The molecule has 5 rings (SSSR count). The molecule has 0 aliphatic heterocycles. The number of fused-ring (bicyclic) bond motifs is 1. The molecule has 0 saturated heterocycles. The maximum atomic E-state index is 14.5. The second-order valence-electron chi connectivity index (χ2n) is 9.32. The molecular formula is C28H22F4N6O4S. The molecule has 3 aromatic carbocycles. The summed E-state index contributed by atoms with van der Waals surface area (Å²) in [5.41, 5.74) is 5.40. The van der Waals surface area contributed by atoms with E-state index in [1.165, 1.54) is 18.3 Å². The fourth-order valence-corrected chi connectivity index (χ4v) is 4.74. The predicted molar refractivity (Wildman–Crippen MR) is 151 cm³/mol. The lowest BCUT2D eigenvalue weighted by Gasteiger charge is -2.21. The lowest BCUT2D eigenvalue weighted by Crippen LogP contribution is -2.33. The lowest BCUT2D eigenvalue weighted by molar-refractivity contribution is -0.137. The third-order valence-corrected chi connectivity index (χ3v) is 6.65. The molecular weight excluding hydrogens is 592 g/mol. The van der Waals surface area contributed by atoms with Crippen molar-refractivity contribution in [2.75, 3.05) is 15.9 Å². The first-order valence-corrected chi connectivity index (χ1v) is 14.3. The summed E-state index contributed by atoms with van der Waals surface area (Å²) < 4.78 is 88.1. The number of nitrogens with one attached hydrogen (secondary N) is 1. The standard InChI is InChI=1S/C28H22F4N6O4S/c1-43(40,41)36-27-35-22-11-8-19(14-24(22)37(27)16-17-5-3-2-4-6-17)42-20-9-12-25(34-15-20)38(26(33)39)23-13-18(28(30,31)32)7-10-21(23)29/h2-15H,16H2,1H3,(H2,33,39)(H,35,36). The highest BCUT2D eigenvalue weighted by atomic mass is 32.2. The molecule has 43 heavy (non-hydrogen) atoms.